The number of hydrogen-bond donors (Lipinski definition) is 0. The third kappa shape index (κ3) is 4.80. The van der Waals surface area contributed by atoms with Gasteiger partial charge in [-0.1, -0.05) is 6.07 Å². The molecule has 1 aromatic carbocycles. The largest absolute Gasteiger partial charge is 0.493 e. The molecule has 2 amide bonds. The summed E-state index contributed by atoms with van der Waals surface area (Å²) in [7, 11) is 3.05. The molecule has 1 fully saturated rings. The van der Waals surface area contributed by atoms with E-state index in [-0.39, 0.29) is 38.5 Å². The summed E-state index contributed by atoms with van der Waals surface area (Å²) >= 11 is 0. The van der Waals surface area contributed by atoms with Crippen LogP contribution in [0.15, 0.2) is 18.2 Å². The molecule has 1 aliphatic rings. The lowest BCUT2D eigenvalue weighted by Crippen LogP contribution is -2.53. The van der Waals surface area contributed by atoms with Crippen molar-refractivity contribution in [3.63, 3.8) is 0 Å². The summed E-state index contributed by atoms with van der Waals surface area (Å²) in [6.45, 7) is -0.0138. The van der Waals surface area contributed by atoms with E-state index in [9.17, 15) is 22.8 Å². The Balaban J connectivity index is 1.85. The van der Waals surface area contributed by atoms with Crippen molar-refractivity contribution < 1.29 is 32.2 Å². The number of ether oxygens (including phenoxy) is 2. The van der Waals surface area contributed by atoms with Gasteiger partial charge in [-0.05, 0) is 24.1 Å². The lowest BCUT2D eigenvalue weighted by Gasteiger charge is -2.35. The maximum atomic E-state index is 12.4. The van der Waals surface area contributed by atoms with E-state index in [4.69, 9.17) is 9.47 Å². The van der Waals surface area contributed by atoms with Gasteiger partial charge in [-0.3, -0.25) is 9.59 Å². The molecule has 1 saturated heterocycles. The second kappa shape index (κ2) is 8.29. The zero-order valence-electron chi connectivity index (χ0n) is 14.6. The van der Waals surface area contributed by atoms with Crippen LogP contribution in [-0.2, 0) is 16.0 Å². The molecular formula is C17H21F3N2O4. The summed E-state index contributed by atoms with van der Waals surface area (Å²) in [6, 6.07) is 5.36. The fourth-order valence-electron chi connectivity index (χ4n) is 2.78. The van der Waals surface area contributed by atoms with Crippen molar-refractivity contribution in [3.8, 4) is 11.5 Å². The van der Waals surface area contributed by atoms with Crippen molar-refractivity contribution in [2.75, 3.05) is 40.4 Å². The van der Waals surface area contributed by atoms with Crippen molar-refractivity contribution in [2.45, 2.75) is 19.0 Å². The summed E-state index contributed by atoms with van der Waals surface area (Å²) in [4.78, 5) is 25.7. The molecule has 0 unspecified atom stereocenters. The molecule has 144 valence electrons. The first-order chi connectivity index (χ1) is 12.3. The molecule has 0 aromatic heterocycles. The summed E-state index contributed by atoms with van der Waals surface area (Å²) in [5.41, 5.74) is 0.891. The van der Waals surface area contributed by atoms with Crippen LogP contribution in [0.5, 0.6) is 11.5 Å². The van der Waals surface area contributed by atoms with Crippen molar-refractivity contribution >= 4 is 11.8 Å². The van der Waals surface area contributed by atoms with E-state index in [1.165, 1.54) is 19.1 Å². The number of carbonyl (C=O) groups excluding carboxylic acids is 2. The van der Waals surface area contributed by atoms with Gasteiger partial charge in [-0.25, -0.2) is 0 Å². The van der Waals surface area contributed by atoms with Crippen LogP contribution < -0.4 is 9.47 Å². The quantitative estimate of drug-likeness (QED) is 0.790. The van der Waals surface area contributed by atoms with E-state index < -0.39 is 12.1 Å². The Kier molecular flexibility index (Phi) is 6.33. The monoisotopic (exact) mass is 374 g/mol. The molecular weight excluding hydrogens is 353 g/mol. The van der Waals surface area contributed by atoms with E-state index in [1.54, 1.807) is 12.1 Å². The SMILES string of the molecule is COc1ccc(CCC(=O)N2CCN(C(=O)C(F)(F)F)CC2)cc1OC. The van der Waals surface area contributed by atoms with Gasteiger partial charge in [-0.15, -0.1) is 0 Å². The Morgan fingerprint density at radius 3 is 2.12 bits per heavy atom. The van der Waals surface area contributed by atoms with Crippen LogP contribution in [-0.4, -0.2) is 68.2 Å². The van der Waals surface area contributed by atoms with Crippen LogP contribution in [0.2, 0.25) is 0 Å². The van der Waals surface area contributed by atoms with Gasteiger partial charge in [0.2, 0.25) is 5.91 Å². The van der Waals surface area contributed by atoms with E-state index >= 15 is 0 Å². The number of methoxy groups -OCH3 is 2. The molecule has 1 aliphatic heterocycles. The van der Waals surface area contributed by atoms with Crippen LogP contribution in [0.25, 0.3) is 0 Å². The van der Waals surface area contributed by atoms with Crippen molar-refractivity contribution in [1.82, 2.24) is 9.80 Å². The number of piperazine rings is 1. The van der Waals surface area contributed by atoms with Gasteiger partial charge >= 0.3 is 12.1 Å². The van der Waals surface area contributed by atoms with Gasteiger partial charge in [-0.2, -0.15) is 13.2 Å². The van der Waals surface area contributed by atoms with E-state index in [0.717, 1.165) is 10.5 Å². The van der Waals surface area contributed by atoms with Crippen LogP contribution in [0.1, 0.15) is 12.0 Å². The standard InChI is InChI=1S/C17H21F3N2O4/c1-25-13-5-3-12(11-14(13)26-2)4-6-15(23)21-7-9-22(10-8-21)16(24)17(18,19)20/h3,5,11H,4,6-10H2,1-2H3. The van der Waals surface area contributed by atoms with E-state index in [0.29, 0.717) is 17.9 Å². The topological polar surface area (TPSA) is 59.1 Å². The number of benzene rings is 1. The second-order valence-corrected chi connectivity index (χ2v) is 5.86. The third-order valence-electron chi connectivity index (χ3n) is 4.24. The molecule has 0 saturated carbocycles. The minimum absolute atomic E-state index is 0.104. The Labute approximate surface area is 149 Å². The number of amides is 2. The van der Waals surface area contributed by atoms with E-state index in [2.05, 4.69) is 0 Å². The Bertz CT molecular complexity index is 656. The molecule has 0 bridgehead atoms. The summed E-state index contributed by atoms with van der Waals surface area (Å²) < 4.78 is 47.6. The molecule has 6 nitrogen and oxygen atoms in total. The lowest BCUT2D eigenvalue weighted by molar-refractivity contribution is -0.187. The average molecular weight is 374 g/mol. The number of alkyl halides is 3. The lowest BCUT2D eigenvalue weighted by atomic mass is 10.1. The molecule has 26 heavy (non-hydrogen) atoms. The summed E-state index contributed by atoms with van der Waals surface area (Å²) in [6.07, 6.45) is -4.18. The highest BCUT2D eigenvalue weighted by atomic mass is 19.4. The molecule has 0 spiro atoms. The van der Waals surface area contributed by atoms with Gasteiger partial charge < -0.3 is 19.3 Å². The van der Waals surface area contributed by atoms with Crippen LogP contribution in [0.3, 0.4) is 0 Å². The average Bonchev–Trinajstić information content (AvgIpc) is 2.64. The Hall–Kier alpha value is -2.45. The maximum absolute atomic E-state index is 12.4. The van der Waals surface area contributed by atoms with Crippen molar-refractivity contribution in [1.29, 1.82) is 0 Å². The highest BCUT2D eigenvalue weighted by Crippen LogP contribution is 2.28. The smallest absolute Gasteiger partial charge is 0.471 e. The third-order valence-corrected chi connectivity index (χ3v) is 4.24. The molecule has 1 aromatic rings. The number of hydrogen-bond acceptors (Lipinski definition) is 4. The Morgan fingerprint density at radius 1 is 1.00 bits per heavy atom. The van der Waals surface area contributed by atoms with Gasteiger partial charge in [0.15, 0.2) is 11.5 Å². The number of aryl methyl sites for hydroxylation is 1. The number of halogens is 3. The summed E-state index contributed by atoms with van der Waals surface area (Å²) in [5.74, 6) is -0.849. The van der Waals surface area contributed by atoms with Crippen LogP contribution in [0, 0.1) is 0 Å². The second-order valence-electron chi connectivity index (χ2n) is 5.86. The molecule has 0 atom stereocenters. The van der Waals surface area contributed by atoms with Crippen molar-refractivity contribution in [3.05, 3.63) is 23.8 Å². The number of rotatable bonds is 5. The van der Waals surface area contributed by atoms with Gasteiger partial charge in [0.1, 0.15) is 0 Å². The predicted octanol–water partition coefficient (Wildman–Crippen LogP) is 1.87. The minimum atomic E-state index is -4.88. The number of carbonyl (C=O) groups is 2. The first-order valence-corrected chi connectivity index (χ1v) is 8.11. The zero-order chi connectivity index (χ0) is 19.3. The van der Waals surface area contributed by atoms with Crippen LogP contribution in [0.4, 0.5) is 13.2 Å². The van der Waals surface area contributed by atoms with Crippen molar-refractivity contribution in [2.24, 2.45) is 0 Å². The molecule has 2 rings (SSSR count). The van der Waals surface area contributed by atoms with Gasteiger partial charge in [0.25, 0.3) is 0 Å². The number of nitrogens with zero attached hydrogens (tertiary/aromatic N) is 2. The normalized spacial score (nSPS) is 15.0. The maximum Gasteiger partial charge on any atom is 0.471 e. The first-order valence-electron chi connectivity index (χ1n) is 8.11. The molecule has 9 heteroatoms. The minimum Gasteiger partial charge on any atom is -0.493 e. The van der Waals surface area contributed by atoms with E-state index in [1.807, 2.05) is 6.07 Å². The predicted molar refractivity (Wildman–Crippen MR) is 87.1 cm³/mol. The Morgan fingerprint density at radius 2 is 1.58 bits per heavy atom. The molecule has 0 aliphatic carbocycles. The highest BCUT2D eigenvalue weighted by Gasteiger charge is 2.43. The van der Waals surface area contributed by atoms with Crippen LogP contribution >= 0.6 is 0 Å². The molecule has 1 heterocycles. The first kappa shape index (κ1) is 19.9. The summed E-state index contributed by atoms with van der Waals surface area (Å²) in [5, 5.41) is 0. The fraction of sp³-hybridized carbons (Fsp3) is 0.529. The highest BCUT2D eigenvalue weighted by molar-refractivity contribution is 5.82. The zero-order valence-corrected chi connectivity index (χ0v) is 14.6. The van der Waals surface area contributed by atoms with Gasteiger partial charge in [0, 0.05) is 32.6 Å². The molecule has 0 radical (unpaired) electrons. The fourth-order valence-corrected chi connectivity index (χ4v) is 2.78. The molecule has 0 N–H and O–H groups in total. The van der Waals surface area contributed by atoms with Gasteiger partial charge in [0.05, 0.1) is 14.2 Å².